The number of aliphatic imine (C=N–C) groups is 1. The summed E-state index contributed by atoms with van der Waals surface area (Å²) >= 11 is 0. The van der Waals surface area contributed by atoms with E-state index in [2.05, 4.69) is 15.6 Å². The lowest BCUT2D eigenvalue weighted by molar-refractivity contribution is 0.410. The number of nitrogens with one attached hydrogen (secondary N) is 2. The van der Waals surface area contributed by atoms with E-state index in [4.69, 9.17) is 4.74 Å². The number of methoxy groups -OCH3 is 1. The molecule has 0 aromatic heterocycles. The number of hydrogen-bond donors (Lipinski definition) is 2. The van der Waals surface area contributed by atoms with E-state index in [0.717, 1.165) is 24.3 Å². The monoisotopic (exact) mass is 467 g/mol. The lowest BCUT2D eigenvalue weighted by Crippen LogP contribution is -2.40. The van der Waals surface area contributed by atoms with Gasteiger partial charge in [-0.1, -0.05) is 18.2 Å². The average Bonchev–Trinajstić information content (AvgIpc) is 2.89. The molecule has 1 aromatic rings. The molecule has 0 spiro atoms. The maximum absolute atomic E-state index is 11.5. The van der Waals surface area contributed by atoms with Crippen LogP contribution in [-0.2, 0) is 16.4 Å². The minimum atomic E-state index is -2.84. The van der Waals surface area contributed by atoms with Gasteiger partial charge in [-0.05, 0) is 25.3 Å². The van der Waals surface area contributed by atoms with Gasteiger partial charge in [0.2, 0.25) is 0 Å². The molecule has 0 amide bonds. The highest BCUT2D eigenvalue weighted by molar-refractivity contribution is 14.0. The topological polar surface area (TPSA) is 79.8 Å². The standard InChI is InChI=1S/C16H25N3O3S.HI/c1-3-17-16(18-10-13-8-9-23(20,21)12-13)19-11-14-6-4-5-7-15(14)22-2;/h4-7,13H,3,8-12H2,1-2H3,(H2,17,18,19);1H. The SMILES string of the molecule is CCNC(=NCc1ccccc1OC)NCC1CCS(=O)(=O)C1.I. The van der Waals surface area contributed by atoms with Crippen LogP contribution in [0.4, 0.5) is 0 Å². The number of sulfone groups is 1. The summed E-state index contributed by atoms with van der Waals surface area (Å²) in [5.41, 5.74) is 1.01. The van der Waals surface area contributed by atoms with Crippen molar-refractivity contribution in [1.29, 1.82) is 0 Å². The summed E-state index contributed by atoms with van der Waals surface area (Å²) in [4.78, 5) is 4.55. The van der Waals surface area contributed by atoms with Crippen LogP contribution in [0.2, 0.25) is 0 Å². The third kappa shape index (κ3) is 6.46. The lowest BCUT2D eigenvalue weighted by Gasteiger charge is -2.14. The van der Waals surface area contributed by atoms with Crippen molar-refractivity contribution in [2.45, 2.75) is 19.9 Å². The fourth-order valence-electron chi connectivity index (χ4n) is 2.61. The molecular weight excluding hydrogens is 441 g/mol. The highest BCUT2D eigenvalue weighted by Crippen LogP contribution is 2.18. The number of benzene rings is 1. The smallest absolute Gasteiger partial charge is 0.191 e. The van der Waals surface area contributed by atoms with Crippen molar-refractivity contribution in [2.24, 2.45) is 10.9 Å². The zero-order valence-corrected chi connectivity index (χ0v) is 17.3. The summed E-state index contributed by atoms with van der Waals surface area (Å²) in [6.45, 7) is 3.88. The number of nitrogens with zero attached hydrogens (tertiary/aromatic N) is 1. The molecule has 1 aliphatic rings. The highest BCUT2D eigenvalue weighted by atomic mass is 127. The molecule has 2 N–H and O–H groups in total. The Balaban J connectivity index is 0.00000288. The molecule has 1 atom stereocenters. The Morgan fingerprint density at radius 3 is 2.71 bits per heavy atom. The Labute approximate surface area is 161 Å². The molecule has 1 aromatic carbocycles. The second kappa shape index (κ2) is 10.1. The molecule has 1 saturated heterocycles. The first-order valence-electron chi connectivity index (χ1n) is 7.88. The number of guanidine groups is 1. The molecule has 2 rings (SSSR count). The van der Waals surface area contributed by atoms with Crippen molar-refractivity contribution in [1.82, 2.24) is 10.6 Å². The first kappa shape index (κ1) is 21.0. The van der Waals surface area contributed by atoms with Gasteiger partial charge in [0.15, 0.2) is 15.8 Å². The van der Waals surface area contributed by atoms with Gasteiger partial charge in [0, 0.05) is 18.7 Å². The molecule has 1 heterocycles. The molecule has 0 bridgehead atoms. The average molecular weight is 467 g/mol. The third-order valence-corrected chi connectivity index (χ3v) is 5.67. The summed E-state index contributed by atoms with van der Waals surface area (Å²) in [5, 5.41) is 6.43. The predicted molar refractivity (Wildman–Crippen MR) is 108 cm³/mol. The number of para-hydroxylation sites is 1. The van der Waals surface area contributed by atoms with E-state index in [1.165, 1.54) is 0 Å². The fraction of sp³-hybridized carbons (Fsp3) is 0.562. The minimum Gasteiger partial charge on any atom is -0.496 e. The second-order valence-electron chi connectivity index (χ2n) is 5.66. The third-order valence-electron chi connectivity index (χ3n) is 3.83. The van der Waals surface area contributed by atoms with Crippen LogP contribution in [-0.4, -0.2) is 46.1 Å². The molecule has 6 nitrogen and oxygen atoms in total. The first-order chi connectivity index (χ1) is 11.0. The molecule has 1 unspecified atom stereocenters. The highest BCUT2D eigenvalue weighted by Gasteiger charge is 2.27. The zero-order valence-electron chi connectivity index (χ0n) is 14.1. The largest absolute Gasteiger partial charge is 0.496 e. The fourth-order valence-corrected chi connectivity index (χ4v) is 4.48. The van der Waals surface area contributed by atoms with Crippen molar-refractivity contribution in [2.75, 3.05) is 31.7 Å². The Bertz CT molecular complexity index is 650. The van der Waals surface area contributed by atoms with Gasteiger partial charge in [0.05, 0.1) is 25.2 Å². The van der Waals surface area contributed by atoms with Crippen LogP contribution in [0.15, 0.2) is 29.3 Å². The number of hydrogen-bond acceptors (Lipinski definition) is 4. The van der Waals surface area contributed by atoms with Crippen LogP contribution < -0.4 is 15.4 Å². The first-order valence-corrected chi connectivity index (χ1v) is 9.70. The van der Waals surface area contributed by atoms with E-state index in [1.54, 1.807) is 7.11 Å². The zero-order chi connectivity index (χ0) is 16.7. The Morgan fingerprint density at radius 1 is 1.33 bits per heavy atom. The van der Waals surface area contributed by atoms with E-state index < -0.39 is 9.84 Å². The van der Waals surface area contributed by atoms with Crippen molar-refractivity contribution >= 4 is 39.8 Å². The molecule has 1 fully saturated rings. The van der Waals surface area contributed by atoms with Crippen LogP contribution in [0.25, 0.3) is 0 Å². The van der Waals surface area contributed by atoms with Gasteiger partial charge in [0.1, 0.15) is 5.75 Å². The molecule has 1 aliphatic heterocycles. The Hall–Kier alpha value is -1.03. The van der Waals surface area contributed by atoms with Gasteiger partial charge in [-0.15, -0.1) is 24.0 Å². The van der Waals surface area contributed by atoms with E-state index in [1.807, 2.05) is 31.2 Å². The molecular formula is C16H26IN3O3S. The lowest BCUT2D eigenvalue weighted by atomic mass is 10.1. The number of rotatable bonds is 6. The van der Waals surface area contributed by atoms with Crippen molar-refractivity contribution in [3.05, 3.63) is 29.8 Å². The molecule has 136 valence electrons. The van der Waals surface area contributed by atoms with Crippen LogP contribution in [0, 0.1) is 5.92 Å². The van der Waals surface area contributed by atoms with Crippen molar-refractivity contribution in [3.63, 3.8) is 0 Å². The maximum Gasteiger partial charge on any atom is 0.191 e. The van der Waals surface area contributed by atoms with E-state index in [0.29, 0.717) is 24.8 Å². The number of halogens is 1. The molecule has 0 radical (unpaired) electrons. The minimum absolute atomic E-state index is 0. The van der Waals surface area contributed by atoms with Gasteiger partial charge in [0.25, 0.3) is 0 Å². The van der Waals surface area contributed by atoms with Crippen LogP contribution in [0.1, 0.15) is 18.9 Å². The van der Waals surface area contributed by atoms with E-state index in [-0.39, 0.29) is 35.6 Å². The van der Waals surface area contributed by atoms with Crippen LogP contribution in [0.3, 0.4) is 0 Å². The summed E-state index contributed by atoms with van der Waals surface area (Å²) in [6.07, 6.45) is 0.723. The number of ether oxygens (including phenoxy) is 1. The molecule has 0 saturated carbocycles. The predicted octanol–water partition coefficient (Wildman–Crippen LogP) is 1.80. The normalized spacial score (nSPS) is 19.4. The van der Waals surface area contributed by atoms with Crippen molar-refractivity contribution in [3.8, 4) is 5.75 Å². The van der Waals surface area contributed by atoms with Gasteiger partial charge in [-0.2, -0.15) is 0 Å². The summed E-state index contributed by atoms with van der Waals surface area (Å²) in [7, 11) is -1.19. The maximum atomic E-state index is 11.5. The van der Waals surface area contributed by atoms with Crippen LogP contribution >= 0.6 is 24.0 Å². The summed E-state index contributed by atoms with van der Waals surface area (Å²) < 4.78 is 28.3. The van der Waals surface area contributed by atoms with Crippen LogP contribution in [0.5, 0.6) is 5.75 Å². The van der Waals surface area contributed by atoms with Gasteiger partial charge in [-0.3, -0.25) is 0 Å². The van der Waals surface area contributed by atoms with E-state index >= 15 is 0 Å². The van der Waals surface area contributed by atoms with Crippen molar-refractivity contribution < 1.29 is 13.2 Å². The van der Waals surface area contributed by atoms with Gasteiger partial charge in [-0.25, -0.2) is 13.4 Å². The van der Waals surface area contributed by atoms with E-state index in [9.17, 15) is 8.42 Å². The second-order valence-corrected chi connectivity index (χ2v) is 7.89. The molecule has 0 aliphatic carbocycles. The van der Waals surface area contributed by atoms with Gasteiger partial charge >= 0.3 is 0 Å². The summed E-state index contributed by atoms with van der Waals surface area (Å²) in [6, 6.07) is 7.77. The Kier molecular flexibility index (Phi) is 8.82. The Morgan fingerprint density at radius 2 is 2.08 bits per heavy atom. The quantitative estimate of drug-likeness (QED) is 0.379. The summed E-state index contributed by atoms with van der Waals surface area (Å²) in [5.74, 6) is 2.24. The molecule has 24 heavy (non-hydrogen) atoms. The molecule has 8 heteroatoms. The van der Waals surface area contributed by atoms with Gasteiger partial charge < -0.3 is 15.4 Å².